The fourth-order valence-electron chi connectivity index (χ4n) is 1.86. The monoisotopic (exact) mass is 310 g/mol. The van der Waals surface area contributed by atoms with Crippen molar-refractivity contribution in [2.75, 3.05) is 11.1 Å². The zero-order valence-corrected chi connectivity index (χ0v) is 12.2. The third-order valence-corrected chi connectivity index (χ3v) is 3.41. The number of carbonyl (C=O) groups is 1. The third kappa shape index (κ3) is 3.13. The maximum absolute atomic E-state index is 13.7. The summed E-state index contributed by atoms with van der Waals surface area (Å²) in [4.78, 5) is 12.1. The average Bonchev–Trinajstić information content (AvgIpc) is 2.40. The highest BCUT2D eigenvalue weighted by molar-refractivity contribution is 6.33. The number of carbonyl (C=O) groups excluding carboxylic acids is 1. The Labute approximate surface area is 125 Å². The summed E-state index contributed by atoms with van der Waals surface area (Å²) in [5, 5.41) is 2.82. The smallest absolute Gasteiger partial charge is 0.258 e. The number of amides is 1. The van der Waals surface area contributed by atoms with Gasteiger partial charge in [-0.2, -0.15) is 0 Å². The first-order valence-corrected chi connectivity index (χ1v) is 6.50. The lowest BCUT2D eigenvalue weighted by molar-refractivity contribution is 0.102. The van der Waals surface area contributed by atoms with E-state index in [2.05, 4.69) is 5.32 Å². The predicted molar refractivity (Wildman–Crippen MR) is 79.6 cm³/mol. The summed E-state index contributed by atoms with van der Waals surface area (Å²) in [5.74, 6) is -2.30. The quantitative estimate of drug-likeness (QED) is 0.822. The van der Waals surface area contributed by atoms with E-state index in [1.54, 1.807) is 13.0 Å². The van der Waals surface area contributed by atoms with Gasteiger partial charge in [-0.25, -0.2) is 8.78 Å². The van der Waals surface area contributed by atoms with Crippen LogP contribution in [0, 0.1) is 25.5 Å². The predicted octanol–water partition coefficient (Wildman–Crippen LogP) is 4.07. The van der Waals surface area contributed by atoms with Crippen LogP contribution in [0.25, 0.3) is 0 Å². The first-order chi connectivity index (χ1) is 9.79. The van der Waals surface area contributed by atoms with Crippen molar-refractivity contribution in [3.63, 3.8) is 0 Å². The van der Waals surface area contributed by atoms with Crippen LogP contribution in [0.2, 0.25) is 5.02 Å². The molecule has 0 aliphatic heterocycles. The number of halogens is 3. The lowest BCUT2D eigenvalue weighted by atomic mass is 10.1. The number of hydrogen-bond donors (Lipinski definition) is 2. The van der Waals surface area contributed by atoms with E-state index in [0.717, 1.165) is 6.07 Å². The largest absolute Gasteiger partial charge is 0.398 e. The van der Waals surface area contributed by atoms with E-state index in [9.17, 15) is 13.6 Å². The van der Waals surface area contributed by atoms with Gasteiger partial charge in [0.15, 0.2) is 0 Å². The van der Waals surface area contributed by atoms with Crippen molar-refractivity contribution in [2.45, 2.75) is 13.8 Å². The molecule has 3 N–H and O–H groups in total. The molecule has 3 nitrogen and oxygen atoms in total. The van der Waals surface area contributed by atoms with E-state index in [0.29, 0.717) is 23.0 Å². The van der Waals surface area contributed by atoms with E-state index in [1.165, 1.54) is 13.0 Å². The molecule has 0 aliphatic carbocycles. The van der Waals surface area contributed by atoms with Crippen molar-refractivity contribution >= 4 is 28.9 Å². The van der Waals surface area contributed by atoms with Crippen molar-refractivity contribution in [3.8, 4) is 0 Å². The van der Waals surface area contributed by atoms with Gasteiger partial charge in [0.2, 0.25) is 0 Å². The Morgan fingerprint density at radius 1 is 1.10 bits per heavy atom. The third-order valence-electron chi connectivity index (χ3n) is 3.08. The number of anilines is 2. The molecule has 6 heteroatoms. The molecule has 0 saturated heterocycles. The topological polar surface area (TPSA) is 55.1 Å². The molecule has 0 radical (unpaired) electrons. The van der Waals surface area contributed by atoms with Gasteiger partial charge < -0.3 is 11.1 Å². The summed E-state index contributed by atoms with van der Waals surface area (Å²) in [5.41, 5.74) is 7.09. The average molecular weight is 311 g/mol. The van der Waals surface area contributed by atoms with Crippen LogP contribution >= 0.6 is 11.6 Å². The molecule has 0 heterocycles. The first kappa shape index (κ1) is 15.3. The summed E-state index contributed by atoms with van der Waals surface area (Å²) in [6.45, 7) is 3.19. The summed E-state index contributed by atoms with van der Waals surface area (Å²) in [7, 11) is 0. The van der Waals surface area contributed by atoms with Gasteiger partial charge in [0, 0.05) is 11.8 Å². The van der Waals surface area contributed by atoms with Crippen LogP contribution in [0.4, 0.5) is 20.2 Å². The van der Waals surface area contributed by atoms with E-state index in [1.807, 2.05) is 0 Å². The number of nitrogen functional groups attached to an aromatic ring is 1. The number of aryl methyl sites for hydroxylation is 2. The Bertz CT molecular complexity index is 732. The minimum absolute atomic E-state index is 0.189. The minimum atomic E-state index is -0.921. The Hall–Kier alpha value is -2.14. The van der Waals surface area contributed by atoms with Gasteiger partial charge >= 0.3 is 0 Å². The van der Waals surface area contributed by atoms with Crippen LogP contribution in [-0.2, 0) is 0 Å². The SMILES string of the molecule is Cc1cc(C(=O)Nc2cc(Cl)c(N)cc2C)c(F)cc1F. The molecule has 21 heavy (non-hydrogen) atoms. The molecule has 2 aromatic carbocycles. The van der Waals surface area contributed by atoms with Crippen LogP contribution in [0.15, 0.2) is 24.3 Å². The number of rotatable bonds is 2. The summed E-state index contributed by atoms with van der Waals surface area (Å²) in [6.07, 6.45) is 0. The summed E-state index contributed by atoms with van der Waals surface area (Å²) >= 11 is 5.89. The Kier molecular flexibility index (Phi) is 4.14. The van der Waals surface area contributed by atoms with E-state index >= 15 is 0 Å². The molecule has 110 valence electrons. The van der Waals surface area contributed by atoms with Crippen LogP contribution in [0.3, 0.4) is 0 Å². The van der Waals surface area contributed by atoms with Crippen LogP contribution in [-0.4, -0.2) is 5.91 Å². The second-order valence-corrected chi connectivity index (χ2v) is 5.13. The first-order valence-electron chi connectivity index (χ1n) is 6.12. The normalized spacial score (nSPS) is 10.5. The second kappa shape index (κ2) is 5.69. The molecule has 2 aromatic rings. The molecule has 2 rings (SSSR count). The second-order valence-electron chi connectivity index (χ2n) is 4.72. The van der Waals surface area contributed by atoms with E-state index < -0.39 is 17.5 Å². The van der Waals surface area contributed by atoms with Crippen molar-refractivity contribution in [3.05, 3.63) is 57.6 Å². The number of hydrogen-bond acceptors (Lipinski definition) is 2. The van der Waals surface area contributed by atoms with Gasteiger partial charge in [0.25, 0.3) is 5.91 Å². The molecule has 0 aliphatic rings. The molecule has 0 spiro atoms. The van der Waals surface area contributed by atoms with Gasteiger partial charge in [-0.1, -0.05) is 11.6 Å². The maximum Gasteiger partial charge on any atom is 0.258 e. The molecule has 0 atom stereocenters. The van der Waals surface area contributed by atoms with Crippen LogP contribution in [0.5, 0.6) is 0 Å². The van der Waals surface area contributed by atoms with Gasteiger partial charge in [-0.15, -0.1) is 0 Å². The zero-order valence-electron chi connectivity index (χ0n) is 11.4. The molecule has 0 bridgehead atoms. The highest BCUT2D eigenvalue weighted by Gasteiger charge is 2.16. The fourth-order valence-corrected chi connectivity index (χ4v) is 2.02. The molecular formula is C15H13ClF2N2O. The molecule has 0 aromatic heterocycles. The summed E-state index contributed by atoms with van der Waals surface area (Å²) in [6, 6.07) is 4.93. The minimum Gasteiger partial charge on any atom is -0.398 e. The number of nitrogens with one attached hydrogen (secondary N) is 1. The maximum atomic E-state index is 13.7. The Morgan fingerprint density at radius 2 is 1.76 bits per heavy atom. The summed E-state index contributed by atoms with van der Waals surface area (Å²) < 4.78 is 26.9. The van der Waals surface area contributed by atoms with Crippen LogP contribution < -0.4 is 11.1 Å². The molecule has 0 saturated carbocycles. The van der Waals surface area contributed by atoms with Crippen LogP contribution in [0.1, 0.15) is 21.5 Å². The van der Waals surface area contributed by atoms with Gasteiger partial charge in [0.1, 0.15) is 11.6 Å². The lowest BCUT2D eigenvalue weighted by Gasteiger charge is -2.11. The Morgan fingerprint density at radius 3 is 2.43 bits per heavy atom. The van der Waals surface area contributed by atoms with Crippen molar-refractivity contribution in [1.82, 2.24) is 0 Å². The Balaban J connectivity index is 2.35. The molecule has 0 fully saturated rings. The highest BCUT2D eigenvalue weighted by atomic mass is 35.5. The van der Waals surface area contributed by atoms with E-state index in [4.69, 9.17) is 17.3 Å². The van der Waals surface area contributed by atoms with E-state index in [-0.39, 0.29) is 16.1 Å². The number of benzene rings is 2. The molecule has 0 unspecified atom stereocenters. The molecule has 1 amide bonds. The lowest BCUT2D eigenvalue weighted by Crippen LogP contribution is -2.15. The van der Waals surface area contributed by atoms with Crippen molar-refractivity contribution < 1.29 is 13.6 Å². The van der Waals surface area contributed by atoms with Crippen molar-refractivity contribution in [2.24, 2.45) is 0 Å². The standard InChI is InChI=1S/C15H13ClF2N2O/c1-7-3-9(12(18)6-11(7)17)15(21)20-14-5-10(16)13(19)4-8(14)2/h3-6H,19H2,1-2H3,(H,20,21). The van der Waals surface area contributed by atoms with Gasteiger partial charge in [0.05, 0.1) is 16.3 Å². The number of nitrogens with two attached hydrogens (primary N) is 1. The highest BCUT2D eigenvalue weighted by Crippen LogP contribution is 2.27. The zero-order chi connectivity index (χ0) is 15.7. The van der Waals surface area contributed by atoms with Crippen molar-refractivity contribution in [1.29, 1.82) is 0 Å². The van der Waals surface area contributed by atoms with Gasteiger partial charge in [-0.3, -0.25) is 4.79 Å². The fraction of sp³-hybridized carbons (Fsp3) is 0.133. The van der Waals surface area contributed by atoms with Gasteiger partial charge in [-0.05, 0) is 43.2 Å². The molecular weight excluding hydrogens is 298 g/mol.